The van der Waals surface area contributed by atoms with E-state index in [0.717, 1.165) is 32.0 Å². The van der Waals surface area contributed by atoms with E-state index in [2.05, 4.69) is 22.4 Å². The molecule has 0 bridgehead atoms. The smallest absolute Gasteiger partial charge is 0.416 e. The van der Waals surface area contributed by atoms with Crippen molar-refractivity contribution in [1.82, 2.24) is 10.3 Å². The Balaban J connectivity index is 1.58. The number of ether oxygens (including phenoxy) is 2. The molecular weight excluding hydrogens is 429 g/mol. The lowest BCUT2D eigenvalue weighted by Crippen LogP contribution is -2.43. The van der Waals surface area contributed by atoms with E-state index in [4.69, 9.17) is 9.47 Å². The van der Waals surface area contributed by atoms with Gasteiger partial charge in [-0.1, -0.05) is 30.3 Å². The Kier molecular flexibility index (Phi) is 7.00. The van der Waals surface area contributed by atoms with Gasteiger partial charge in [0.25, 0.3) is 0 Å². The SMILES string of the molecule is COc1cc(-c2cc(COCC3(c4ccccc4)CCNCC3)cc(C(F)(F)F)c2)ccn1. The molecule has 1 aliphatic heterocycles. The Morgan fingerprint density at radius 2 is 1.73 bits per heavy atom. The maximum atomic E-state index is 13.6. The summed E-state index contributed by atoms with van der Waals surface area (Å²) < 4.78 is 52.1. The molecule has 1 aliphatic rings. The summed E-state index contributed by atoms with van der Waals surface area (Å²) in [7, 11) is 1.47. The summed E-state index contributed by atoms with van der Waals surface area (Å²) >= 11 is 0. The first-order valence-corrected chi connectivity index (χ1v) is 11.0. The van der Waals surface area contributed by atoms with Gasteiger partial charge in [0.1, 0.15) is 0 Å². The monoisotopic (exact) mass is 456 g/mol. The van der Waals surface area contributed by atoms with Crippen molar-refractivity contribution in [3.05, 3.63) is 83.6 Å². The van der Waals surface area contributed by atoms with Crippen LogP contribution >= 0.6 is 0 Å². The summed E-state index contributed by atoms with van der Waals surface area (Å²) in [5, 5.41) is 3.38. The quantitative estimate of drug-likeness (QED) is 0.502. The van der Waals surface area contributed by atoms with E-state index in [1.807, 2.05) is 18.2 Å². The van der Waals surface area contributed by atoms with Crippen LogP contribution in [0.2, 0.25) is 0 Å². The third-order valence-corrected chi connectivity index (χ3v) is 6.19. The molecule has 0 aliphatic carbocycles. The summed E-state index contributed by atoms with van der Waals surface area (Å²) in [4.78, 5) is 4.04. The van der Waals surface area contributed by atoms with E-state index in [-0.39, 0.29) is 12.0 Å². The Morgan fingerprint density at radius 3 is 2.42 bits per heavy atom. The van der Waals surface area contributed by atoms with Crippen LogP contribution in [0.3, 0.4) is 0 Å². The van der Waals surface area contributed by atoms with Crippen LogP contribution in [-0.4, -0.2) is 31.8 Å². The van der Waals surface area contributed by atoms with Gasteiger partial charge < -0.3 is 14.8 Å². The second-order valence-electron chi connectivity index (χ2n) is 8.39. The Labute approximate surface area is 191 Å². The lowest BCUT2D eigenvalue weighted by molar-refractivity contribution is -0.137. The molecule has 3 aromatic rings. The zero-order valence-electron chi connectivity index (χ0n) is 18.5. The van der Waals surface area contributed by atoms with Gasteiger partial charge in [-0.05, 0) is 72.5 Å². The van der Waals surface area contributed by atoms with Crippen molar-refractivity contribution in [2.45, 2.75) is 31.0 Å². The number of aromatic nitrogens is 1. The van der Waals surface area contributed by atoms with Crippen LogP contribution in [0.4, 0.5) is 13.2 Å². The average molecular weight is 457 g/mol. The maximum Gasteiger partial charge on any atom is 0.416 e. The summed E-state index contributed by atoms with van der Waals surface area (Å²) in [6, 6.07) is 17.6. The standard InChI is InChI=1S/C26H27F3N2O2/c1-32-24-16-20(7-10-31-24)21-13-19(14-23(15-21)26(27,28)29)17-33-18-25(8-11-30-12-9-25)22-5-3-2-4-6-22/h2-7,10,13-16,30H,8-9,11-12,17-18H2,1H3. The van der Waals surface area contributed by atoms with Gasteiger partial charge in [0.05, 0.1) is 25.9 Å². The fourth-order valence-electron chi connectivity index (χ4n) is 4.38. The minimum atomic E-state index is -4.46. The average Bonchev–Trinajstić information content (AvgIpc) is 2.84. The number of alkyl halides is 3. The number of pyridine rings is 1. The number of halogens is 3. The zero-order chi connectivity index (χ0) is 23.3. The number of hydrogen-bond donors (Lipinski definition) is 1. The van der Waals surface area contributed by atoms with Crippen molar-refractivity contribution in [3.63, 3.8) is 0 Å². The molecule has 174 valence electrons. The molecule has 2 heterocycles. The van der Waals surface area contributed by atoms with Crippen molar-refractivity contribution in [2.75, 3.05) is 26.8 Å². The van der Waals surface area contributed by atoms with Gasteiger partial charge in [-0.2, -0.15) is 13.2 Å². The van der Waals surface area contributed by atoms with Crippen molar-refractivity contribution in [3.8, 4) is 17.0 Å². The fourth-order valence-corrected chi connectivity index (χ4v) is 4.38. The minimum absolute atomic E-state index is 0.0984. The molecule has 0 atom stereocenters. The van der Waals surface area contributed by atoms with Gasteiger partial charge in [-0.25, -0.2) is 4.98 Å². The highest BCUT2D eigenvalue weighted by Crippen LogP contribution is 2.36. The van der Waals surface area contributed by atoms with Gasteiger partial charge >= 0.3 is 6.18 Å². The molecule has 2 aromatic carbocycles. The van der Waals surface area contributed by atoms with Gasteiger partial charge in [0, 0.05) is 17.7 Å². The van der Waals surface area contributed by atoms with Crippen LogP contribution in [-0.2, 0) is 22.9 Å². The first-order chi connectivity index (χ1) is 15.9. The molecule has 0 spiro atoms. The highest BCUT2D eigenvalue weighted by molar-refractivity contribution is 5.66. The number of methoxy groups -OCH3 is 1. The third-order valence-electron chi connectivity index (χ3n) is 6.19. The molecule has 1 aromatic heterocycles. The second kappa shape index (κ2) is 9.93. The van der Waals surface area contributed by atoms with Crippen LogP contribution in [0.25, 0.3) is 11.1 Å². The topological polar surface area (TPSA) is 43.4 Å². The molecule has 1 saturated heterocycles. The first-order valence-electron chi connectivity index (χ1n) is 11.0. The third kappa shape index (κ3) is 5.54. The van der Waals surface area contributed by atoms with Crippen LogP contribution < -0.4 is 10.1 Å². The number of nitrogens with zero attached hydrogens (tertiary/aromatic N) is 1. The number of benzene rings is 2. The predicted octanol–water partition coefficient (Wildman–Crippen LogP) is 5.61. The molecule has 0 unspecified atom stereocenters. The van der Waals surface area contributed by atoms with E-state index in [1.54, 1.807) is 18.2 Å². The maximum absolute atomic E-state index is 13.6. The lowest BCUT2D eigenvalue weighted by Gasteiger charge is -2.38. The van der Waals surface area contributed by atoms with Crippen molar-refractivity contribution in [2.24, 2.45) is 0 Å². The van der Waals surface area contributed by atoms with Gasteiger partial charge in [-0.3, -0.25) is 0 Å². The van der Waals surface area contributed by atoms with Crippen molar-refractivity contribution < 1.29 is 22.6 Å². The van der Waals surface area contributed by atoms with Crippen LogP contribution in [0.1, 0.15) is 29.5 Å². The highest BCUT2D eigenvalue weighted by Gasteiger charge is 2.34. The minimum Gasteiger partial charge on any atom is -0.481 e. The van der Waals surface area contributed by atoms with Crippen molar-refractivity contribution in [1.29, 1.82) is 0 Å². The zero-order valence-corrected chi connectivity index (χ0v) is 18.5. The largest absolute Gasteiger partial charge is 0.481 e. The molecular formula is C26H27F3N2O2. The molecule has 4 rings (SSSR count). The Hall–Kier alpha value is -2.90. The summed E-state index contributed by atoms with van der Waals surface area (Å²) in [5.41, 5.74) is 1.90. The normalized spacial score (nSPS) is 15.9. The Morgan fingerprint density at radius 1 is 0.970 bits per heavy atom. The summed E-state index contributed by atoms with van der Waals surface area (Å²) in [6.45, 7) is 2.32. The fraction of sp³-hybridized carbons (Fsp3) is 0.346. The van der Waals surface area contributed by atoms with Crippen LogP contribution in [0.5, 0.6) is 5.88 Å². The van der Waals surface area contributed by atoms with Crippen molar-refractivity contribution >= 4 is 0 Å². The van der Waals surface area contributed by atoms with E-state index < -0.39 is 11.7 Å². The van der Waals surface area contributed by atoms with Crippen LogP contribution in [0.15, 0.2) is 66.9 Å². The molecule has 1 N–H and O–H groups in total. The summed E-state index contributed by atoms with van der Waals surface area (Å²) in [5.74, 6) is 0.346. The van der Waals surface area contributed by atoms with Gasteiger partial charge in [0.15, 0.2) is 0 Å². The molecule has 0 saturated carbocycles. The molecule has 1 fully saturated rings. The number of hydrogen-bond acceptors (Lipinski definition) is 4. The highest BCUT2D eigenvalue weighted by atomic mass is 19.4. The number of piperidine rings is 1. The molecule has 7 heteroatoms. The Bertz CT molecular complexity index is 1060. The molecule has 0 amide bonds. The van der Waals surface area contributed by atoms with E-state index in [1.165, 1.54) is 24.9 Å². The molecule has 4 nitrogen and oxygen atoms in total. The second-order valence-corrected chi connectivity index (χ2v) is 8.39. The lowest BCUT2D eigenvalue weighted by atomic mass is 9.74. The molecule has 33 heavy (non-hydrogen) atoms. The molecule has 0 radical (unpaired) electrons. The predicted molar refractivity (Wildman–Crippen MR) is 121 cm³/mol. The van der Waals surface area contributed by atoms with Gasteiger partial charge in [-0.15, -0.1) is 0 Å². The van der Waals surface area contributed by atoms with E-state index in [9.17, 15) is 13.2 Å². The van der Waals surface area contributed by atoms with E-state index >= 15 is 0 Å². The summed E-state index contributed by atoms with van der Waals surface area (Å²) in [6.07, 6.45) is -1.10. The number of nitrogens with one attached hydrogen (secondary N) is 1. The van der Waals surface area contributed by atoms with Gasteiger partial charge in [0.2, 0.25) is 5.88 Å². The first kappa shape index (κ1) is 23.3. The van der Waals surface area contributed by atoms with E-state index in [0.29, 0.717) is 29.2 Å². The van der Waals surface area contributed by atoms with Crippen LogP contribution in [0, 0.1) is 0 Å². The number of rotatable bonds is 7.